The number of aliphatic carboxylic acids is 1. The highest BCUT2D eigenvalue weighted by atomic mass is 16.4. The van der Waals surface area contributed by atoms with Gasteiger partial charge in [0.25, 0.3) is 0 Å². The third kappa shape index (κ3) is 9.68. The van der Waals surface area contributed by atoms with Gasteiger partial charge in [-0.15, -0.1) is 0 Å². The lowest BCUT2D eigenvalue weighted by Gasteiger charge is -2.07. The van der Waals surface area contributed by atoms with Gasteiger partial charge in [-0.1, -0.05) is 43.7 Å². The smallest absolute Gasteiger partial charge is 0.303 e. The minimum atomic E-state index is -0.821. The molecule has 1 aromatic rings. The van der Waals surface area contributed by atoms with E-state index in [1.807, 2.05) is 13.8 Å². The Morgan fingerprint density at radius 3 is 2.35 bits per heavy atom. The number of hydrazone groups is 1. The maximum absolute atomic E-state index is 9.92. The number of carbonyl (C=O) groups is 1. The summed E-state index contributed by atoms with van der Waals surface area (Å²) < 4.78 is 0. The zero-order valence-electron chi connectivity index (χ0n) is 14.8. The van der Waals surface area contributed by atoms with Gasteiger partial charge in [0.2, 0.25) is 0 Å². The van der Waals surface area contributed by atoms with Crippen molar-refractivity contribution in [1.82, 2.24) is 5.32 Å². The molecular weight excluding hydrogens is 290 g/mol. The van der Waals surface area contributed by atoms with Crippen LogP contribution in [0, 0.1) is 6.92 Å². The minimum Gasteiger partial charge on any atom is -0.481 e. The molecule has 0 aromatic heterocycles. The molecule has 1 heterocycles. The minimum absolute atomic E-state index is 0.104. The predicted octanol–water partition coefficient (Wildman–Crippen LogP) is 3.28. The highest BCUT2D eigenvalue weighted by Gasteiger charge is 2.15. The van der Waals surface area contributed by atoms with Gasteiger partial charge >= 0.3 is 5.97 Å². The number of carboxylic acids is 1. The molecule has 0 bridgehead atoms. The molecule has 4 N–H and O–H groups in total. The molecule has 1 atom stereocenters. The fraction of sp³-hybridized carbons (Fsp3) is 0.556. The summed E-state index contributed by atoms with van der Waals surface area (Å²) in [6, 6.07) is 8.92. The molecule has 1 saturated heterocycles. The van der Waals surface area contributed by atoms with Crippen molar-refractivity contribution < 1.29 is 9.90 Å². The molecule has 130 valence electrons. The van der Waals surface area contributed by atoms with Crippen LogP contribution in [-0.2, 0) is 4.79 Å². The molecule has 0 spiro atoms. The summed E-state index contributed by atoms with van der Waals surface area (Å²) in [5, 5.41) is 14.9. The molecule has 1 unspecified atom stereocenters. The van der Waals surface area contributed by atoms with Crippen LogP contribution < -0.4 is 11.2 Å². The molecule has 23 heavy (non-hydrogen) atoms. The van der Waals surface area contributed by atoms with Gasteiger partial charge in [0.15, 0.2) is 0 Å². The quantitative estimate of drug-likeness (QED) is 0.451. The molecule has 1 aromatic carbocycles. The van der Waals surface area contributed by atoms with Crippen LogP contribution in [-0.4, -0.2) is 29.9 Å². The summed E-state index contributed by atoms with van der Waals surface area (Å²) in [6.45, 7) is 10.2. The van der Waals surface area contributed by atoms with Crippen LogP contribution in [0.4, 0.5) is 0 Å². The Hall–Kier alpha value is -1.88. The second kappa shape index (κ2) is 12.6. The van der Waals surface area contributed by atoms with Crippen molar-refractivity contribution in [2.24, 2.45) is 10.9 Å². The van der Waals surface area contributed by atoms with Gasteiger partial charge in [0.1, 0.15) is 0 Å². The molecule has 0 radical (unpaired) electrons. The van der Waals surface area contributed by atoms with Crippen molar-refractivity contribution in [3.63, 3.8) is 0 Å². The Bertz CT molecular complexity index is 464. The first kappa shape index (κ1) is 21.1. The number of rotatable bonds is 4. The van der Waals surface area contributed by atoms with Crippen molar-refractivity contribution in [2.45, 2.75) is 52.9 Å². The van der Waals surface area contributed by atoms with Crippen molar-refractivity contribution in [3.8, 4) is 0 Å². The SMILES string of the molecule is C/C(CCC(=O)O)=N\N.CC.Cc1ccc(C2CCNC2)cc1. The molecular formula is C18H31N3O2. The highest BCUT2D eigenvalue weighted by molar-refractivity contribution is 5.84. The van der Waals surface area contributed by atoms with E-state index in [0.717, 1.165) is 12.5 Å². The van der Waals surface area contributed by atoms with Gasteiger partial charge in [-0.05, 0) is 44.7 Å². The number of carboxylic acid groups (broad SMARTS) is 1. The summed E-state index contributed by atoms with van der Waals surface area (Å²) in [7, 11) is 0. The molecule has 1 aliphatic rings. The van der Waals surface area contributed by atoms with E-state index in [-0.39, 0.29) is 6.42 Å². The summed E-state index contributed by atoms with van der Waals surface area (Å²) >= 11 is 0. The molecule has 5 nitrogen and oxygen atoms in total. The number of hydrogen-bond acceptors (Lipinski definition) is 4. The largest absolute Gasteiger partial charge is 0.481 e. The number of nitrogens with one attached hydrogen (secondary N) is 1. The van der Waals surface area contributed by atoms with Crippen LogP contribution in [0.15, 0.2) is 29.4 Å². The number of benzene rings is 1. The summed E-state index contributed by atoms with van der Waals surface area (Å²) in [5.41, 5.74) is 3.51. The first-order valence-electron chi connectivity index (χ1n) is 8.25. The van der Waals surface area contributed by atoms with Gasteiger partial charge in [-0.25, -0.2) is 0 Å². The van der Waals surface area contributed by atoms with E-state index < -0.39 is 5.97 Å². The second-order valence-corrected chi connectivity index (χ2v) is 5.36. The van der Waals surface area contributed by atoms with Gasteiger partial charge < -0.3 is 16.3 Å². The van der Waals surface area contributed by atoms with Gasteiger partial charge in [0, 0.05) is 12.3 Å². The van der Waals surface area contributed by atoms with Crippen molar-refractivity contribution in [1.29, 1.82) is 0 Å². The lowest BCUT2D eigenvalue weighted by Crippen LogP contribution is -2.07. The molecule has 0 aliphatic carbocycles. The monoisotopic (exact) mass is 321 g/mol. The molecule has 5 heteroatoms. The first-order valence-corrected chi connectivity index (χ1v) is 8.25. The van der Waals surface area contributed by atoms with Crippen molar-refractivity contribution in [3.05, 3.63) is 35.4 Å². The Kier molecular flexibility index (Phi) is 11.6. The van der Waals surface area contributed by atoms with Crippen LogP contribution in [0.25, 0.3) is 0 Å². The number of aryl methyl sites for hydroxylation is 1. The maximum atomic E-state index is 9.92. The van der Waals surface area contributed by atoms with Crippen molar-refractivity contribution >= 4 is 11.7 Å². The summed E-state index contributed by atoms with van der Waals surface area (Å²) in [4.78, 5) is 9.92. The van der Waals surface area contributed by atoms with Gasteiger partial charge in [0.05, 0.1) is 6.42 Å². The molecule has 1 aliphatic heterocycles. The third-order valence-corrected chi connectivity index (χ3v) is 3.53. The Balaban J connectivity index is 0.000000396. The molecule has 0 saturated carbocycles. The summed E-state index contributed by atoms with van der Waals surface area (Å²) in [5.74, 6) is 4.79. The average Bonchev–Trinajstić information content (AvgIpc) is 3.10. The first-order chi connectivity index (χ1) is 11.0. The Morgan fingerprint density at radius 2 is 1.91 bits per heavy atom. The van der Waals surface area contributed by atoms with E-state index in [1.54, 1.807) is 6.92 Å². The lowest BCUT2D eigenvalue weighted by atomic mass is 9.98. The summed E-state index contributed by atoms with van der Waals surface area (Å²) in [6.07, 6.45) is 1.83. The van der Waals surface area contributed by atoms with E-state index >= 15 is 0 Å². The van der Waals surface area contributed by atoms with E-state index in [2.05, 4.69) is 41.6 Å². The van der Waals surface area contributed by atoms with Gasteiger partial charge in [-0.2, -0.15) is 5.10 Å². The maximum Gasteiger partial charge on any atom is 0.303 e. The van der Waals surface area contributed by atoms with Gasteiger partial charge in [-0.3, -0.25) is 4.79 Å². The number of hydrogen-bond donors (Lipinski definition) is 3. The van der Waals surface area contributed by atoms with Crippen LogP contribution in [0.2, 0.25) is 0 Å². The van der Waals surface area contributed by atoms with E-state index in [4.69, 9.17) is 10.9 Å². The molecule has 0 amide bonds. The number of nitrogens with zero attached hydrogens (tertiary/aromatic N) is 1. The topological polar surface area (TPSA) is 87.7 Å². The number of nitrogens with two attached hydrogens (primary N) is 1. The third-order valence-electron chi connectivity index (χ3n) is 3.53. The zero-order chi connectivity index (χ0) is 17.7. The molecule has 1 fully saturated rings. The normalized spacial score (nSPS) is 16.7. The fourth-order valence-corrected chi connectivity index (χ4v) is 2.13. The lowest BCUT2D eigenvalue weighted by molar-refractivity contribution is -0.136. The van der Waals surface area contributed by atoms with Crippen LogP contribution in [0.1, 0.15) is 57.1 Å². The van der Waals surface area contributed by atoms with Crippen LogP contribution in [0.3, 0.4) is 0 Å². The van der Waals surface area contributed by atoms with E-state index in [9.17, 15) is 4.79 Å². The average molecular weight is 321 g/mol. The van der Waals surface area contributed by atoms with E-state index in [1.165, 1.54) is 24.1 Å². The van der Waals surface area contributed by atoms with Crippen LogP contribution in [0.5, 0.6) is 0 Å². The second-order valence-electron chi connectivity index (χ2n) is 5.36. The standard InChI is InChI=1S/C11H15N.C5H10N2O2.C2H6/c1-9-2-4-10(5-3-9)11-6-7-12-8-11;1-4(7-6)2-3-5(8)9;1-2/h2-5,11-12H,6-8H2,1H3;2-3,6H2,1H3,(H,8,9);1-2H3/b;7-4+;. The Morgan fingerprint density at radius 1 is 1.30 bits per heavy atom. The van der Waals surface area contributed by atoms with Crippen molar-refractivity contribution in [2.75, 3.05) is 13.1 Å². The Labute approximate surface area is 140 Å². The van der Waals surface area contributed by atoms with E-state index in [0.29, 0.717) is 12.1 Å². The highest BCUT2D eigenvalue weighted by Crippen LogP contribution is 2.21. The zero-order valence-corrected chi connectivity index (χ0v) is 14.8. The predicted molar refractivity (Wildman–Crippen MR) is 96.9 cm³/mol. The molecule has 2 rings (SSSR count). The fourth-order valence-electron chi connectivity index (χ4n) is 2.13. The van der Waals surface area contributed by atoms with Crippen LogP contribution >= 0.6 is 0 Å².